The normalized spacial score (nSPS) is 22.9. The molecule has 0 aromatic heterocycles. The van der Waals surface area contributed by atoms with Gasteiger partial charge in [-0.1, -0.05) is 25.3 Å². The van der Waals surface area contributed by atoms with Crippen LogP contribution in [0, 0.1) is 5.82 Å². The number of hydrogen-bond acceptors (Lipinski definition) is 4. The van der Waals surface area contributed by atoms with Crippen LogP contribution < -0.4 is 10.2 Å². The number of carbonyl (C=O) groups is 3. The van der Waals surface area contributed by atoms with E-state index in [1.807, 2.05) is 4.90 Å². The zero-order valence-corrected chi connectivity index (χ0v) is 16.5. The number of halogens is 1. The highest BCUT2D eigenvalue weighted by atomic mass is 19.1. The minimum absolute atomic E-state index is 0.125. The number of urea groups is 1. The lowest BCUT2D eigenvalue weighted by molar-refractivity contribution is -0.132. The molecule has 0 bridgehead atoms. The third-order valence-corrected chi connectivity index (χ3v) is 6.05. The standard InChI is InChI=1S/C22H26FN3O3/c23-18-14-15(9-10-19(18)25-11-5-2-6-12-25)13-17-20(27)24-22(29)26(21(17)28)16-7-3-1-4-8-16/h9-10,13-14,16H,1-8,11-12H2,(H,24,27,29). The van der Waals surface area contributed by atoms with Crippen molar-refractivity contribution >= 4 is 29.6 Å². The Morgan fingerprint density at radius 1 is 0.966 bits per heavy atom. The van der Waals surface area contributed by atoms with E-state index in [2.05, 4.69) is 5.32 Å². The summed E-state index contributed by atoms with van der Waals surface area (Å²) in [5.41, 5.74) is 0.852. The summed E-state index contributed by atoms with van der Waals surface area (Å²) in [7, 11) is 0. The van der Waals surface area contributed by atoms with Gasteiger partial charge in [-0.3, -0.25) is 19.8 Å². The molecule has 1 aromatic carbocycles. The van der Waals surface area contributed by atoms with Gasteiger partial charge in [0.05, 0.1) is 5.69 Å². The van der Waals surface area contributed by atoms with Gasteiger partial charge in [0.1, 0.15) is 11.4 Å². The van der Waals surface area contributed by atoms with Crippen LogP contribution in [0.25, 0.3) is 6.08 Å². The summed E-state index contributed by atoms with van der Waals surface area (Å²) in [6.45, 7) is 1.66. The van der Waals surface area contributed by atoms with Crippen molar-refractivity contribution in [3.05, 3.63) is 35.2 Å². The topological polar surface area (TPSA) is 69.7 Å². The predicted octanol–water partition coefficient (Wildman–Crippen LogP) is 3.61. The SMILES string of the molecule is O=C1NC(=O)N(C2CCCCC2)C(=O)C1=Cc1ccc(N2CCCCC2)c(F)c1. The van der Waals surface area contributed by atoms with Crippen molar-refractivity contribution in [2.24, 2.45) is 0 Å². The Morgan fingerprint density at radius 3 is 2.34 bits per heavy atom. The molecule has 1 aromatic rings. The monoisotopic (exact) mass is 399 g/mol. The molecule has 0 atom stereocenters. The molecular formula is C22H26FN3O3. The summed E-state index contributed by atoms with van der Waals surface area (Å²) in [4.78, 5) is 40.7. The summed E-state index contributed by atoms with van der Waals surface area (Å²) < 4.78 is 14.7. The smallest absolute Gasteiger partial charge is 0.331 e. The van der Waals surface area contributed by atoms with Gasteiger partial charge in [-0.2, -0.15) is 0 Å². The largest absolute Gasteiger partial charge is 0.369 e. The van der Waals surface area contributed by atoms with Gasteiger partial charge in [-0.15, -0.1) is 0 Å². The third kappa shape index (κ3) is 4.04. The van der Waals surface area contributed by atoms with Gasteiger partial charge in [0.2, 0.25) is 0 Å². The summed E-state index contributed by atoms with van der Waals surface area (Å²) in [5.74, 6) is -1.69. The minimum atomic E-state index is -0.729. The Hall–Kier alpha value is -2.70. The molecule has 154 valence electrons. The highest BCUT2D eigenvalue weighted by molar-refractivity contribution is 6.31. The van der Waals surface area contributed by atoms with Gasteiger partial charge >= 0.3 is 6.03 Å². The first kappa shape index (κ1) is 19.6. The third-order valence-electron chi connectivity index (χ3n) is 6.05. The van der Waals surface area contributed by atoms with Crippen molar-refractivity contribution in [1.82, 2.24) is 10.2 Å². The summed E-state index contributed by atoms with van der Waals surface area (Å²) in [5, 5.41) is 2.26. The summed E-state index contributed by atoms with van der Waals surface area (Å²) in [6, 6.07) is 3.91. The number of hydrogen-bond donors (Lipinski definition) is 1. The quantitative estimate of drug-likeness (QED) is 0.623. The van der Waals surface area contributed by atoms with Gasteiger partial charge < -0.3 is 4.90 Å². The van der Waals surface area contributed by atoms with Crippen LogP contribution in [0.4, 0.5) is 14.9 Å². The van der Waals surface area contributed by atoms with Crippen LogP contribution >= 0.6 is 0 Å². The summed E-state index contributed by atoms with van der Waals surface area (Å²) in [6.07, 6.45) is 9.13. The lowest BCUT2D eigenvalue weighted by Gasteiger charge is -2.35. The Labute approximate surface area is 169 Å². The van der Waals surface area contributed by atoms with E-state index in [4.69, 9.17) is 0 Å². The molecule has 1 aliphatic carbocycles. The number of rotatable bonds is 3. The number of carbonyl (C=O) groups excluding carboxylic acids is 3. The molecule has 0 radical (unpaired) electrons. The Bertz CT molecular complexity index is 855. The lowest BCUT2D eigenvalue weighted by Crippen LogP contribution is -2.58. The molecule has 4 amide bonds. The van der Waals surface area contributed by atoms with E-state index in [9.17, 15) is 18.8 Å². The average molecular weight is 399 g/mol. The zero-order valence-electron chi connectivity index (χ0n) is 16.5. The van der Waals surface area contributed by atoms with E-state index in [1.165, 1.54) is 17.0 Å². The zero-order chi connectivity index (χ0) is 20.4. The van der Waals surface area contributed by atoms with Crippen LogP contribution in [-0.2, 0) is 9.59 Å². The fraction of sp³-hybridized carbons (Fsp3) is 0.500. The van der Waals surface area contributed by atoms with Gasteiger partial charge in [0.25, 0.3) is 11.8 Å². The van der Waals surface area contributed by atoms with E-state index in [-0.39, 0.29) is 17.4 Å². The van der Waals surface area contributed by atoms with Crippen molar-refractivity contribution in [2.45, 2.75) is 57.4 Å². The van der Waals surface area contributed by atoms with Gasteiger partial charge in [0, 0.05) is 19.1 Å². The highest BCUT2D eigenvalue weighted by Gasteiger charge is 2.40. The number of nitrogens with zero attached hydrogens (tertiary/aromatic N) is 2. The fourth-order valence-electron chi connectivity index (χ4n) is 4.51. The number of anilines is 1. The van der Waals surface area contributed by atoms with E-state index in [0.29, 0.717) is 11.3 Å². The molecule has 3 aliphatic rings. The van der Waals surface area contributed by atoms with Gasteiger partial charge in [0.15, 0.2) is 0 Å². The van der Waals surface area contributed by atoms with Crippen LogP contribution in [-0.4, -0.2) is 41.9 Å². The van der Waals surface area contributed by atoms with Crippen LogP contribution in [0.15, 0.2) is 23.8 Å². The van der Waals surface area contributed by atoms with Gasteiger partial charge in [-0.05, 0) is 55.9 Å². The van der Waals surface area contributed by atoms with Crippen molar-refractivity contribution in [2.75, 3.05) is 18.0 Å². The fourth-order valence-corrected chi connectivity index (χ4v) is 4.51. The highest BCUT2D eigenvalue weighted by Crippen LogP contribution is 2.28. The van der Waals surface area contributed by atoms with Crippen LogP contribution in [0.3, 0.4) is 0 Å². The van der Waals surface area contributed by atoms with Crippen molar-refractivity contribution in [3.8, 4) is 0 Å². The first-order valence-corrected chi connectivity index (χ1v) is 10.5. The molecule has 0 unspecified atom stereocenters. The first-order valence-electron chi connectivity index (χ1n) is 10.5. The number of barbiturate groups is 1. The maximum Gasteiger partial charge on any atom is 0.331 e. The maximum absolute atomic E-state index is 14.7. The molecule has 1 saturated carbocycles. The van der Waals surface area contributed by atoms with Gasteiger partial charge in [-0.25, -0.2) is 9.18 Å². The minimum Gasteiger partial charge on any atom is -0.369 e. The molecule has 7 heteroatoms. The maximum atomic E-state index is 14.7. The van der Waals surface area contributed by atoms with Crippen LogP contribution in [0.2, 0.25) is 0 Å². The van der Waals surface area contributed by atoms with E-state index in [1.54, 1.807) is 12.1 Å². The second-order valence-corrected chi connectivity index (χ2v) is 8.04. The van der Waals surface area contributed by atoms with E-state index >= 15 is 0 Å². The Balaban J connectivity index is 1.58. The molecule has 2 aliphatic heterocycles. The van der Waals surface area contributed by atoms with Crippen LogP contribution in [0.1, 0.15) is 56.9 Å². The molecule has 0 spiro atoms. The number of nitrogens with one attached hydrogen (secondary N) is 1. The molecule has 3 fully saturated rings. The second-order valence-electron chi connectivity index (χ2n) is 8.04. The van der Waals surface area contributed by atoms with Crippen LogP contribution in [0.5, 0.6) is 0 Å². The summed E-state index contributed by atoms with van der Waals surface area (Å²) >= 11 is 0. The lowest BCUT2D eigenvalue weighted by atomic mass is 9.93. The van der Waals surface area contributed by atoms with E-state index < -0.39 is 17.8 Å². The number of amides is 4. The Morgan fingerprint density at radius 2 is 1.66 bits per heavy atom. The number of piperidine rings is 1. The average Bonchev–Trinajstić information content (AvgIpc) is 2.72. The second kappa shape index (κ2) is 8.35. The predicted molar refractivity (Wildman–Crippen MR) is 108 cm³/mol. The first-order chi connectivity index (χ1) is 14.0. The number of imide groups is 2. The molecule has 2 heterocycles. The molecule has 2 saturated heterocycles. The van der Waals surface area contributed by atoms with Crippen molar-refractivity contribution in [3.63, 3.8) is 0 Å². The molecule has 29 heavy (non-hydrogen) atoms. The molecule has 4 rings (SSSR count). The van der Waals surface area contributed by atoms with Crippen molar-refractivity contribution in [1.29, 1.82) is 0 Å². The van der Waals surface area contributed by atoms with Crippen molar-refractivity contribution < 1.29 is 18.8 Å². The molecule has 1 N–H and O–H groups in total. The Kier molecular flexibility index (Phi) is 5.65. The molecular weight excluding hydrogens is 373 g/mol. The number of benzene rings is 1. The molecule has 6 nitrogen and oxygen atoms in total. The van der Waals surface area contributed by atoms with E-state index in [0.717, 1.165) is 64.5 Å².